The Bertz CT molecular complexity index is 585. The Kier molecular flexibility index (Phi) is 4.97. The van der Waals surface area contributed by atoms with Gasteiger partial charge in [-0.3, -0.25) is 10.3 Å². The van der Waals surface area contributed by atoms with Gasteiger partial charge in [-0.2, -0.15) is 0 Å². The maximum Gasteiger partial charge on any atom is 0.324 e. The Labute approximate surface area is 133 Å². The van der Waals surface area contributed by atoms with E-state index in [0.717, 1.165) is 25.0 Å². The molecule has 22 heavy (non-hydrogen) atoms. The Morgan fingerprint density at radius 3 is 2.95 bits per heavy atom. The van der Waals surface area contributed by atoms with Crippen LogP contribution in [0.3, 0.4) is 0 Å². The quantitative estimate of drug-likeness (QED) is 0.920. The lowest BCUT2D eigenvalue weighted by Crippen LogP contribution is -2.39. The standard InChI is InChI=1S/C15H18N4O2S/c20-15(18-14-17-7-9-22-14)19(11-13-2-1-8-21-13)10-12-3-5-16-6-4-12/h3-7,9,13H,1-2,8,10-11H2,(H,17,18,20)/t13-/m0/s1. The number of rotatable bonds is 5. The second kappa shape index (κ2) is 7.33. The number of anilines is 1. The fourth-order valence-corrected chi connectivity index (χ4v) is 2.94. The van der Waals surface area contributed by atoms with Gasteiger partial charge < -0.3 is 9.64 Å². The molecular weight excluding hydrogens is 300 g/mol. The molecule has 1 aliphatic heterocycles. The molecule has 0 unspecified atom stereocenters. The van der Waals surface area contributed by atoms with E-state index in [1.165, 1.54) is 11.3 Å². The summed E-state index contributed by atoms with van der Waals surface area (Å²) < 4.78 is 5.66. The van der Waals surface area contributed by atoms with Crippen molar-refractivity contribution in [1.29, 1.82) is 0 Å². The van der Waals surface area contributed by atoms with Crippen molar-refractivity contribution in [3.8, 4) is 0 Å². The van der Waals surface area contributed by atoms with E-state index >= 15 is 0 Å². The zero-order chi connectivity index (χ0) is 15.2. The molecule has 1 saturated heterocycles. The van der Waals surface area contributed by atoms with Crippen LogP contribution in [-0.4, -0.2) is 40.2 Å². The number of carbonyl (C=O) groups is 1. The van der Waals surface area contributed by atoms with Crippen LogP contribution in [0.15, 0.2) is 36.1 Å². The molecule has 1 atom stereocenters. The van der Waals surface area contributed by atoms with Crippen LogP contribution < -0.4 is 5.32 Å². The molecule has 1 aliphatic rings. The molecule has 0 bridgehead atoms. The van der Waals surface area contributed by atoms with Gasteiger partial charge in [0, 0.05) is 43.7 Å². The fraction of sp³-hybridized carbons (Fsp3) is 0.400. The average molecular weight is 318 g/mol. The van der Waals surface area contributed by atoms with E-state index in [1.807, 2.05) is 17.5 Å². The van der Waals surface area contributed by atoms with Crippen LogP contribution >= 0.6 is 11.3 Å². The van der Waals surface area contributed by atoms with E-state index in [4.69, 9.17) is 4.74 Å². The molecule has 0 spiro atoms. The predicted molar refractivity (Wildman–Crippen MR) is 84.8 cm³/mol. The number of pyridine rings is 1. The number of amides is 2. The molecule has 2 amide bonds. The molecule has 7 heteroatoms. The van der Waals surface area contributed by atoms with Crippen LogP contribution in [0, 0.1) is 0 Å². The molecule has 3 rings (SSSR count). The van der Waals surface area contributed by atoms with Gasteiger partial charge in [0.15, 0.2) is 5.13 Å². The van der Waals surface area contributed by atoms with Crippen LogP contribution in [0.2, 0.25) is 0 Å². The van der Waals surface area contributed by atoms with Crippen LogP contribution in [0.4, 0.5) is 9.93 Å². The molecule has 2 aromatic rings. The van der Waals surface area contributed by atoms with Crippen molar-refractivity contribution in [3.63, 3.8) is 0 Å². The monoisotopic (exact) mass is 318 g/mol. The minimum atomic E-state index is -0.151. The summed E-state index contributed by atoms with van der Waals surface area (Å²) in [7, 11) is 0. The molecule has 116 valence electrons. The summed E-state index contributed by atoms with van der Waals surface area (Å²) in [5, 5.41) is 5.28. The van der Waals surface area contributed by atoms with E-state index in [9.17, 15) is 4.79 Å². The minimum Gasteiger partial charge on any atom is -0.376 e. The number of nitrogens with zero attached hydrogens (tertiary/aromatic N) is 3. The second-order valence-electron chi connectivity index (χ2n) is 5.14. The molecule has 1 fully saturated rings. The molecule has 0 saturated carbocycles. The van der Waals surface area contributed by atoms with Gasteiger partial charge in [-0.1, -0.05) is 0 Å². The third kappa shape index (κ3) is 4.02. The molecule has 3 heterocycles. The first-order valence-corrected chi connectivity index (χ1v) is 8.15. The SMILES string of the molecule is O=C(Nc1nccs1)N(Cc1ccncc1)C[C@@H]1CCCO1. The number of hydrogen-bond donors (Lipinski definition) is 1. The Morgan fingerprint density at radius 1 is 1.41 bits per heavy atom. The van der Waals surface area contributed by atoms with E-state index in [1.54, 1.807) is 23.5 Å². The lowest BCUT2D eigenvalue weighted by atomic mass is 10.2. The number of urea groups is 1. The highest BCUT2D eigenvalue weighted by molar-refractivity contribution is 7.13. The van der Waals surface area contributed by atoms with Gasteiger partial charge in [0.25, 0.3) is 0 Å². The van der Waals surface area contributed by atoms with Crippen LogP contribution in [0.5, 0.6) is 0 Å². The molecule has 6 nitrogen and oxygen atoms in total. The topological polar surface area (TPSA) is 67.4 Å². The third-order valence-electron chi connectivity index (χ3n) is 3.50. The number of carbonyl (C=O) groups excluding carboxylic acids is 1. The molecule has 0 aromatic carbocycles. The number of aromatic nitrogens is 2. The predicted octanol–water partition coefficient (Wildman–Crippen LogP) is 2.75. The lowest BCUT2D eigenvalue weighted by molar-refractivity contribution is 0.0819. The van der Waals surface area contributed by atoms with Crippen molar-refractivity contribution in [2.24, 2.45) is 0 Å². The van der Waals surface area contributed by atoms with Crippen LogP contribution in [0.1, 0.15) is 18.4 Å². The van der Waals surface area contributed by atoms with Crippen molar-refractivity contribution in [2.45, 2.75) is 25.5 Å². The lowest BCUT2D eigenvalue weighted by Gasteiger charge is -2.25. The van der Waals surface area contributed by atoms with Crippen molar-refractivity contribution in [3.05, 3.63) is 41.7 Å². The first-order chi connectivity index (χ1) is 10.8. The highest BCUT2D eigenvalue weighted by atomic mass is 32.1. The summed E-state index contributed by atoms with van der Waals surface area (Å²) in [5.74, 6) is 0. The summed E-state index contributed by atoms with van der Waals surface area (Å²) in [6.07, 6.45) is 7.31. The maximum absolute atomic E-state index is 12.5. The highest BCUT2D eigenvalue weighted by Gasteiger charge is 2.23. The first-order valence-electron chi connectivity index (χ1n) is 7.27. The van der Waals surface area contributed by atoms with E-state index in [-0.39, 0.29) is 12.1 Å². The summed E-state index contributed by atoms with van der Waals surface area (Å²) in [6, 6.07) is 3.68. The van der Waals surface area contributed by atoms with Gasteiger partial charge in [-0.05, 0) is 30.5 Å². The Balaban J connectivity index is 1.68. The fourth-order valence-electron chi connectivity index (χ4n) is 2.42. The third-order valence-corrected chi connectivity index (χ3v) is 4.19. The number of hydrogen-bond acceptors (Lipinski definition) is 5. The number of ether oxygens (including phenoxy) is 1. The zero-order valence-corrected chi connectivity index (χ0v) is 13.0. The van der Waals surface area contributed by atoms with E-state index in [0.29, 0.717) is 18.2 Å². The normalized spacial score (nSPS) is 17.4. The van der Waals surface area contributed by atoms with E-state index in [2.05, 4.69) is 15.3 Å². The van der Waals surface area contributed by atoms with Crippen molar-refractivity contribution < 1.29 is 9.53 Å². The summed E-state index contributed by atoms with van der Waals surface area (Å²) in [5.41, 5.74) is 1.04. The first kappa shape index (κ1) is 14.9. The zero-order valence-electron chi connectivity index (χ0n) is 12.1. The van der Waals surface area contributed by atoms with Crippen LogP contribution in [-0.2, 0) is 11.3 Å². The van der Waals surface area contributed by atoms with Gasteiger partial charge in [0.1, 0.15) is 0 Å². The van der Waals surface area contributed by atoms with Gasteiger partial charge in [0.2, 0.25) is 0 Å². The largest absolute Gasteiger partial charge is 0.376 e. The summed E-state index contributed by atoms with van der Waals surface area (Å²) >= 11 is 1.41. The van der Waals surface area contributed by atoms with E-state index < -0.39 is 0 Å². The molecule has 0 aliphatic carbocycles. The van der Waals surface area contributed by atoms with Crippen molar-refractivity contribution >= 4 is 22.5 Å². The summed E-state index contributed by atoms with van der Waals surface area (Å²) in [4.78, 5) is 22.4. The van der Waals surface area contributed by atoms with Gasteiger partial charge in [0.05, 0.1) is 6.10 Å². The minimum absolute atomic E-state index is 0.115. The molecule has 0 radical (unpaired) electrons. The highest BCUT2D eigenvalue weighted by Crippen LogP contribution is 2.17. The molecule has 1 N–H and O–H groups in total. The number of nitrogens with one attached hydrogen (secondary N) is 1. The smallest absolute Gasteiger partial charge is 0.324 e. The van der Waals surface area contributed by atoms with Gasteiger partial charge >= 0.3 is 6.03 Å². The maximum atomic E-state index is 12.5. The van der Waals surface area contributed by atoms with Crippen molar-refractivity contribution in [2.75, 3.05) is 18.5 Å². The van der Waals surface area contributed by atoms with Crippen molar-refractivity contribution in [1.82, 2.24) is 14.9 Å². The van der Waals surface area contributed by atoms with Gasteiger partial charge in [-0.15, -0.1) is 11.3 Å². The molecule has 2 aromatic heterocycles. The average Bonchev–Trinajstić information content (AvgIpc) is 3.21. The summed E-state index contributed by atoms with van der Waals surface area (Å²) in [6.45, 7) is 1.89. The molecular formula is C15H18N4O2S. The Morgan fingerprint density at radius 2 is 2.27 bits per heavy atom. The number of thiazole rings is 1. The van der Waals surface area contributed by atoms with Gasteiger partial charge in [-0.25, -0.2) is 9.78 Å². The Hall–Kier alpha value is -1.99. The second-order valence-corrected chi connectivity index (χ2v) is 6.03. The van der Waals surface area contributed by atoms with Crippen LogP contribution in [0.25, 0.3) is 0 Å².